The highest BCUT2D eigenvalue weighted by atomic mass is 16.3. The largest absolute Gasteiger partial charge is 0.394 e. The number of aliphatic hydroxyl groups is 2. The first-order chi connectivity index (χ1) is 21.7. The maximum Gasteiger partial charge on any atom is 0.220 e. The molecule has 0 saturated heterocycles. The summed E-state index contributed by atoms with van der Waals surface area (Å²) in [6.45, 7) is 4.05. The predicted octanol–water partition coefficient (Wildman–Crippen LogP) is 12.1. The highest BCUT2D eigenvalue weighted by Crippen LogP contribution is 2.17. The van der Waals surface area contributed by atoms with Gasteiger partial charge in [0, 0.05) is 6.42 Å². The van der Waals surface area contributed by atoms with Gasteiger partial charge in [0.15, 0.2) is 0 Å². The number of hydrogen-bond acceptors (Lipinski definition) is 3. The third-order valence-corrected chi connectivity index (χ3v) is 9.59. The van der Waals surface area contributed by atoms with E-state index in [1.54, 1.807) is 0 Å². The normalized spacial score (nSPS) is 12.9. The summed E-state index contributed by atoms with van der Waals surface area (Å²) in [7, 11) is 0. The van der Waals surface area contributed by atoms with E-state index in [-0.39, 0.29) is 12.5 Å². The van der Waals surface area contributed by atoms with Crippen molar-refractivity contribution in [2.45, 2.75) is 244 Å². The average Bonchev–Trinajstić information content (AvgIpc) is 3.02. The zero-order chi connectivity index (χ0) is 32.2. The van der Waals surface area contributed by atoms with Gasteiger partial charge in [-0.2, -0.15) is 0 Å². The van der Waals surface area contributed by atoms with E-state index < -0.39 is 12.1 Å². The Kier molecular flexibility index (Phi) is 36.3. The Hall–Kier alpha value is -0.610. The molecule has 44 heavy (non-hydrogen) atoms. The summed E-state index contributed by atoms with van der Waals surface area (Å²) in [6.07, 6.45) is 44.7. The lowest BCUT2D eigenvalue weighted by atomic mass is 10.0. The second-order valence-corrected chi connectivity index (χ2v) is 14.1. The zero-order valence-electron chi connectivity index (χ0n) is 30.2. The molecule has 0 aromatic heterocycles. The van der Waals surface area contributed by atoms with Gasteiger partial charge in [0.25, 0.3) is 0 Å². The van der Waals surface area contributed by atoms with Crippen LogP contribution in [0.15, 0.2) is 0 Å². The lowest BCUT2D eigenvalue weighted by Crippen LogP contribution is -2.45. The summed E-state index contributed by atoms with van der Waals surface area (Å²) >= 11 is 0. The number of rotatable bonds is 37. The molecule has 0 heterocycles. The number of amides is 1. The van der Waals surface area contributed by atoms with Crippen LogP contribution in [0.3, 0.4) is 0 Å². The molecule has 0 rings (SSSR count). The topological polar surface area (TPSA) is 69.6 Å². The van der Waals surface area contributed by atoms with Gasteiger partial charge in [-0.25, -0.2) is 0 Å². The molecule has 1 amide bonds. The van der Waals surface area contributed by atoms with Crippen LogP contribution in [0.1, 0.15) is 232 Å². The van der Waals surface area contributed by atoms with E-state index in [0.717, 1.165) is 19.3 Å². The van der Waals surface area contributed by atoms with Crippen LogP contribution in [0.4, 0.5) is 0 Å². The standard InChI is InChI=1S/C40H81NO3/c1-3-5-6-7-8-9-10-11-12-13-14-15-16-17-18-19-20-21-22-23-24-25-26-27-28-29-30-31-32-33-34-36-39(43)38(37-42)41-40(44)35-4-2/h38-39,42-43H,3-37H2,1-2H3,(H,41,44). The van der Waals surface area contributed by atoms with Crippen LogP contribution in [-0.4, -0.2) is 34.9 Å². The highest BCUT2D eigenvalue weighted by molar-refractivity contribution is 5.76. The minimum atomic E-state index is -0.649. The van der Waals surface area contributed by atoms with Crippen molar-refractivity contribution < 1.29 is 15.0 Å². The highest BCUT2D eigenvalue weighted by Gasteiger charge is 2.19. The number of unbranched alkanes of at least 4 members (excludes halogenated alkanes) is 30. The van der Waals surface area contributed by atoms with Crippen molar-refractivity contribution >= 4 is 5.91 Å². The summed E-state index contributed by atoms with van der Waals surface area (Å²) in [5.74, 6) is -0.0820. The molecule has 2 atom stereocenters. The Balaban J connectivity index is 3.21. The molecule has 2 unspecified atom stereocenters. The number of aliphatic hydroxyl groups excluding tert-OH is 2. The van der Waals surface area contributed by atoms with E-state index in [2.05, 4.69) is 12.2 Å². The molecule has 0 aliphatic heterocycles. The Bertz CT molecular complexity index is 555. The number of carbonyl (C=O) groups is 1. The minimum Gasteiger partial charge on any atom is -0.394 e. The SMILES string of the molecule is CCCCCCCCCCCCCCCCCCCCCCCCCCCCCCCCCC(O)C(CO)NC(=O)CCC. The van der Waals surface area contributed by atoms with E-state index in [4.69, 9.17) is 0 Å². The van der Waals surface area contributed by atoms with Gasteiger partial charge in [0.1, 0.15) is 0 Å². The number of carbonyl (C=O) groups excluding carboxylic acids is 1. The maximum atomic E-state index is 11.7. The molecule has 0 bridgehead atoms. The van der Waals surface area contributed by atoms with Crippen LogP contribution in [-0.2, 0) is 4.79 Å². The van der Waals surface area contributed by atoms with Gasteiger partial charge in [-0.15, -0.1) is 0 Å². The molecule has 0 aromatic carbocycles. The summed E-state index contributed by atoms with van der Waals surface area (Å²) in [6, 6.07) is -0.525. The second-order valence-electron chi connectivity index (χ2n) is 14.1. The molecule has 0 radical (unpaired) electrons. The fourth-order valence-corrected chi connectivity index (χ4v) is 6.52. The summed E-state index contributed by atoms with van der Waals surface area (Å²) < 4.78 is 0. The lowest BCUT2D eigenvalue weighted by molar-refractivity contribution is -0.123. The van der Waals surface area contributed by atoms with Crippen molar-refractivity contribution in [2.24, 2.45) is 0 Å². The molecule has 3 N–H and O–H groups in total. The number of hydrogen-bond donors (Lipinski definition) is 3. The van der Waals surface area contributed by atoms with Crippen LogP contribution >= 0.6 is 0 Å². The van der Waals surface area contributed by atoms with Gasteiger partial charge in [0.05, 0.1) is 18.8 Å². The van der Waals surface area contributed by atoms with E-state index >= 15 is 0 Å². The van der Waals surface area contributed by atoms with Crippen molar-refractivity contribution in [2.75, 3.05) is 6.61 Å². The summed E-state index contributed by atoms with van der Waals surface area (Å²) in [5, 5.41) is 22.5. The molecule has 4 nitrogen and oxygen atoms in total. The van der Waals surface area contributed by atoms with E-state index in [1.165, 1.54) is 186 Å². The van der Waals surface area contributed by atoms with Gasteiger partial charge in [0.2, 0.25) is 5.91 Å². The fourth-order valence-electron chi connectivity index (χ4n) is 6.52. The molecule has 0 saturated carbocycles. The molecule has 264 valence electrons. The third kappa shape index (κ3) is 32.8. The Morgan fingerprint density at radius 1 is 0.455 bits per heavy atom. The first kappa shape index (κ1) is 43.4. The molecular weight excluding hydrogens is 542 g/mol. The van der Waals surface area contributed by atoms with Crippen LogP contribution in [0.25, 0.3) is 0 Å². The average molecular weight is 624 g/mol. The number of nitrogens with one attached hydrogen (secondary N) is 1. The van der Waals surface area contributed by atoms with E-state index in [0.29, 0.717) is 12.8 Å². The quantitative estimate of drug-likeness (QED) is 0.0603. The summed E-state index contributed by atoms with van der Waals surface area (Å²) in [4.78, 5) is 11.7. The molecule has 0 aromatic rings. The lowest BCUT2D eigenvalue weighted by Gasteiger charge is -2.22. The first-order valence-corrected chi connectivity index (χ1v) is 20.2. The molecule has 0 spiro atoms. The predicted molar refractivity (Wildman–Crippen MR) is 193 cm³/mol. The molecule has 4 heteroatoms. The van der Waals surface area contributed by atoms with Gasteiger partial charge >= 0.3 is 0 Å². The minimum absolute atomic E-state index is 0.0820. The van der Waals surface area contributed by atoms with Crippen molar-refractivity contribution in [3.8, 4) is 0 Å². The molecule has 0 aliphatic rings. The van der Waals surface area contributed by atoms with Crippen molar-refractivity contribution in [1.29, 1.82) is 0 Å². The Morgan fingerprint density at radius 3 is 0.977 bits per heavy atom. The maximum absolute atomic E-state index is 11.7. The molecule has 0 aliphatic carbocycles. The zero-order valence-corrected chi connectivity index (χ0v) is 30.2. The van der Waals surface area contributed by atoms with E-state index in [1.807, 2.05) is 6.92 Å². The second kappa shape index (κ2) is 36.9. The Labute approximate surface area is 276 Å². The van der Waals surface area contributed by atoms with Gasteiger partial charge in [-0.3, -0.25) is 4.79 Å². The van der Waals surface area contributed by atoms with Crippen molar-refractivity contribution in [3.63, 3.8) is 0 Å². The van der Waals surface area contributed by atoms with Gasteiger partial charge in [-0.1, -0.05) is 213 Å². The molecule has 0 fully saturated rings. The van der Waals surface area contributed by atoms with Crippen molar-refractivity contribution in [1.82, 2.24) is 5.32 Å². The fraction of sp³-hybridized carbons (Fsp3) is 0.975. The van der Waals surface area contributed by atoms with Crippen LogP contribution in [0, 0.1) is 0 Å². The van der Waals surface area contributed by atoms with Crippen LogP contribution < -0.4 is 5.32 Å². The molecular formula is C40H81NO3. The van der Waals surface area contributed by atoms with Gasteiger partial charge in [-0.05, 0) is 12.8 Å². The smallest absolute Gasteiger partial charge is 0.220 e. The first-order valence-electron chi connectivity index (χ1n) is 20.2. The van der Waals surface area contributed by atoms with Gasteiger partial charge < -0.3 is 15.5 Å². The Morgan fingerprint density at radius 2 is 0.727 bits per heavy atom. The van der Waals surface area contributed by atoms with E-state index in [9.17, 15) is 15.0 Å². The van der Waals surface area contributed by atoms with Crippen LogP contribution in [0.2, 0.25) is 0 Å². The van der Waals surface area contributed by atoms with Crippen molar-refractivity contribution in [3.05, 3.63) is 0 Å². The van der Waals surface area contributed by atoms with Crippen LogP contribution in [0.5, 0.6) is 0 Å². The third-order valence-electron chi connectivity index (χ3n) is 9.59. The monoisotopic (exact) mass is 624 g/mol. The summed E-state index contributed by atoms with van der Waals surface area (Å²) in [5.41, 5.74) is 0.